The van der Waals surface area contributed by atoms with Gasteiger partial charge in [-0.05, 0) is 37.6 Å². The van der Waals surface area contributed by atoms with Gasteiger partial charge in [-0.15, -0.1) is 0 Å². The summed E-state index contributed by atoms with van der Waals surface area (Å²) >= 11 is 0. The minimum atomic E-state index is 0.303. The highest BCUT2D eigenvalue weighted by atomic mass is 16.6. The first kappa shape index (κ1) is 13.9. The summed E-state index contributed by atoms with van der Waals surface area (Å²) in [6.45, 7) is 6.38. The molecule has 21 heavy (non-hydrogen) atoms. The van der Waals surface area contributed by atoms with E-state index in [4.69, 9.17) is 9.47 Å². The molecule has 1 aliphatic rings. The minimum Gasteiger partial charge on any atom is -0.486 e. The second-order valence-electron chi connectivity index (χ2n) is 5.37. The number of benzene rings is 1. The lowest BCUT2D eigenvalue weighted by atomic mass is 10.1. The van der Waals surface area contributed by atoms with Gasteiger partial charge in [0.1, 0.15) is 13.2 Å². The van der Waals surface area contributed by atoms with Crippen molar-refractivity contribution in [3.05, 3.63) is 42.2 Å². The van der Waals surface area contributed by atoms with E-state index in [0.717, 1.165) is 18.0 Å². The molecule has 0 fully saturated rings. The summed E-state index contributed by atoms with van der Waals surface area (Å²) in [6, 6.07) is 8.67. The fourth-order valence-corrected chi connectivity index (χ4v) is 2.40. The second kappa shape index (κ2) is 6.18. The molecule has 2 aromatic rings. The highest BCUT2D eigenvalue weighted by molar-refractivity contribution is 5.43. The van der Waals surface area contributed by atoms with E-state index in [-0.39, 0.29) is 0 Å². The molecule has 112 valence electrons. The summed E-state index contributed by atoms with van der Waals surface area (Å²) in [5.41, 5.74) is 1.19. The smallest absolute Gasteiger partial charge is 0.161 e. The van der Waals surface area contributed by atoms with Crippen LogP contribution in [0.4, 0.5) is 0 Å². The van der Waals surface area contributed by atoms with Gasteiger partial charge in [0, 0.05) is 25.0 Å². The third-order valence-corrected chi connectivity index (χ3v) is 3.90. The maximum atomic E-state index is 5.61. The van der Waals surface area contributed by atoms with E-state index in [9.17, 15) is 0 Å². The summed E-state index contributed by atoms with van der Waals surface area (Å²) in [5, 5.41) is 7.83. The predicted octanol–water partition coefficient (Wildman–Crippen LogP) is 2.39. The van der Waals surface area contributed by atoms with Gasteiger partial charge in [-0.2, -0.15) is 5.10 Å². The summed E-state index contributed by atoms with van der Waals surface area (Å²) in [4.78, 5) is 0. The van der Waals surface area contributed by atoms with Crippen LogP contribution >= 0.6 is 0 Å². The average molecular weight is 287 g/mol. The van der Waals surface area contributed by atoms with E-state index in [1.807, 2.05) is 35.3 Å². The van der Waals surface area contributed by atoms with Crippen LogP contribution in [0.5, 0.6) is 11.5 Å². The van der Waals surface area contributed by atoms with Crippen LogP contribution in [0.15, 0.2) is 36.7 Å². The Morgan fingerprint density at radius 1 is 1.24 bits per heavy atom. The Kier molecular flexibility index (Phi) is 4.10. The Bertz CT molecular complexity index is 583. The quantitative estimate of drug-likeness (QED) is 0.917. The van der Waals surface area contributed by atoms with E-state index >= 15 is 0 Å². The molecular weight excluding hydrogens is 266 g/mol. The van der Waals surface area contributed by atoms with Crippen molar-refractivity contribution in [2.75, 3.05) is 13.2 Å². The van der Waals surface area contributed by atoms with Gasteiger partial charge in [0.2, 0.25) is 0 Å². The van der Waals surface area contributed by atoms with Crippen molar-refractivity contribution in [1.82, 2.24) is 15.1 Å². The molecule has 1 N–H and O–H groups in total. The molecule has 5 heteroatoms. The van der Waals surface area contributed by atoms with Crippen LogP contribution in [0.3, 0.4) is 0 Å². The third kappa shape index (κ3) is 3.19. The maximum absolute atomic E-state index is 5.61. The lowest BCUT2D eigenvalue weighted by molar-refractivity contribution is 0.171. The molecule has 1 aliphatic heterocycles. The number of aromatic nitrogens is 2. The molecule has 2 heterocycles. The van der Waals surface area contributed by atoms with Crippen molar-refractivity contribution >= 4 is 0 Å². The molecule has 0 amide bonds. The molecule has 0 radical (unpaired) electrons. The Labute approximate surface area is 124 Å². The zero-order valence-corrected chi connectivity index (χ0v) is 12.5. The van der Waals surface area contributed by atoms with Crippen LogP contribution in [0.1, 0.15) is 25.5 Å². The van der Waals surface area contributed by atoms with Gasteiger partial charge in [0.25, 0.3) is 0 Å². The number of nitrogens with one attached hydrogen (secondary N) is 1. The average Bonchev–Trinajstić information content (AvgIpc) is 3.06. The molecule has 0 bridgehead atoms. The van der Waals surface area contributed by atoms with Gasteiger partial charge in [0.15, 0.2) is 11.5 Å². The van der Waals surface area contributed by atoms with Crippen molar-refractivity contribution in [3.8, 4) is 11.5 Å². The number of fused-ring (bicyclic) bond motifs is 1. The molecule has 5 nitrogen and oxygen atoms in total. The predicted molar refractivity (Wildman–Crippen MR) is 80.7 cm³/mol. The van der Waals surface area contributed by atoms with Crippen LogP contribution in [0.25, 0.3) is 0 Å². The fourth-order valence-electron chi connectivity index (χ4n) is 2.40. The molecular formula is C16H21N3O2. The zero-order valence-electron chi connectivity index (χ0n) is 12.5. The van der Waals surface area contributed by atoms with Crippen molar-refractivity contribution in [3.63, 3.8) is 0 Å². The van der Waals surface area contributed by atoms with Gasteiger partial charge in [-0.25, -0.2) is 0 Å². The number of rotatable bonds is 5. The normalized spacial score (nSPS) is 16.5. The van der Waals surface area contributed by atoms with Crippen LogP contribution in [0, 0.1) is 0 Å². The van der Waals surface area contributed by atoms with Crippen LogP contribution in [-0.2, 0) is 6.54 Å². The molecule has 2 atom stereocenters. The molecule has 0 saturated carbocycles. The SMILES string of the molecule is C[C@@H](NCc1ccc2c(c1)OCCO2)[C@H](C)n1cccn1. The molecule has 0 saturated heterocycles. The Morgan fingerprint density at radius 2 is 2.05 bits per heavy atom. The van der Waals surface area contributed by atoms with E-state index in [0.29, 0.717) is 25.3 Å². The van der Waals surface area contributed by atoms with E-state index in [1.165, 1.54) is 5.56 Å². The number of ether oxygens (including phenoxy) is 2. The number of nitrogens with zero attached hydrogens (tertiary/aromatic N) is 2. The van der Waals surface area contributed by atoms with Gasteiger partial charge in [-0.1, -0.05) is 6.07 Å². The first-order chi connectivity index (χ1) is 10.2. The minimum absolute atomic E-state index is 0.303. The molecule has 1 aromatic heterocycles. The van der Waals surface area contributed by atoms with Crippen LogP contribution in [0.2, 0.25) is 0 Å². The summed E-state index contributed by atoms with van der Waals surface area (Å²) < 4.78 is 13.1. The Balaban J connectivity index is 1.59. The Hall–Kier alpha value is -2.01. The standard InChI is InChI=1S/C16H21N3O2/c1-12(13(2)19-7-3-6-18-19)17-11-14-4-5-15-16(10-14)21-9-8-20-15/h3-7,10,12-13,17H,8-9,11H2,1-2H3/t12-,13+/m1/s1. The fraction of sp³-hybridized carbons (Fsp3) is 0.438. The zero-order chi connectivity index (χ0) is 14.7. The number of hydrogen-bond acceptors (Lipinski definition) is 4. The molecule has 0 unspecified atom stereocenters. The first-order valence-electron chi connectivity index (χ1n) is 7.35. The highest BCUT2D eigenvalue weighted by Crippen LogP contribution is 2.30. The van der Waals surface area contributed by atoms with E-state index < -0.39 is 0 Å². The van der Waals surface area contributed by atoms with E-state index in [1.54, 1.807) is 0 Å². The molecule has 0 aliphatic carbocycles. The van der Waals surface area contributed by atoms with Gasteiger partial charge < -0.3 is 14.8 Å². The maximum Gasteiger partial charge on any atom is 0.161 e. The monoisotopic (exact) mass is 287 g/mol. The largest absolute Gasteiger partial charge is 0.486 e. The summed E-state index contributed by atoms with van der Waals surface area (Å²) in [5.74, 6) is 1.68. The van der Waals surface area contributed by atoms with E-state index in [2.05, 4.69) is 30.3 Å². The molecule has 0 spiro atoms. The summed E-state index contributed by atoms with van der Waals surface area (Å²) in [6.07, 6.45) is 3.80. The summed E-state index contributed by atoms with van der Waals surface area (Å²) in [7, 11) is 0. The van der Waals surface area contributed by atoms with Crippen LogP contribution < -0.4 is 14.8 Å². The highest BCUT2D eigenvalue weighted by Gasteiger charge is 2.15. The van der Waals surface area contributed by atoms with Gasteiger partial charge in [-0.3, -0.25) is 4.68 Å². The second-order valence-corrected chi connectivity index (χ2v) is 5.37. The molecule has 1 aromatic carbocycles. The lowest BCUT2D eigenvalue weighted by Gasteiger charge is -2.23. The van der Waals surface area contributed by atoms with Gasteiger partial charge >= 0.3 is 0 Å². The lowest BCUT2D eigenvalue weighted by Crippen LogP contribution is -2.33. The Morgan fingerprint density at radius 3 is 2.81 bits per heavy atom. The van der Waals surface area contributed by atoms with Crippen molar-refractivity contribution in [1.29, 1.82) is 0 Å². The van der Waals surface area contributed by atoms with Crippen molar-refractivity contribution in [2.45, 2.75) is 32.5 Å². The third-order valence-electron chi connectivity index (χ3n) is 3.90. The molecule has 3 rings (SSSR count). The van der Waals surface area contributed by atoms with Gasteiger partial charge in [0.05, 0.1) is 6.04 Å². The first-order valence-corrected chi connectivity index (χ1v) is 7.35. The topological polar surface area (TPSA) is 48.3 Å². The van der Waals surface area contributed by atoms with Crippen LogP contribution in [-0.4, -0.2) is 29.0 Å². The number of hydrogen-bond donors (Lipinski definition) is 1. The van der Waals surface area contributed by atoms with Crippen molar-refractivity contribution in [2.24, 2.45) is 0 Å². The van der Waals surface area contributed by atoms with Crippen molar-refractivity contribution < 1.29 is 9.47 Å².